The van der Waals surface area contributed by atoms with E-state index in [2.05, 4.69) is 81.2 Å². The van der Waals surface area contributed by atoms with Gasteiger partial charge in [0.05, 0.1) is 6.54 Å². The summed E-state index contributed by atoms with van der Waals surface area (Å²) in [5, 5.41) is 9.29. The topological polar surface area (TPSA) is 68.0 Å². The van der Waals surface area contributed by atoms with E-state index in [1.807, 2.05) is 6.07 Å². The van der Waals surface area contributed by atoms with Crippen LogP contribution in [-0.4, -0.2) is 29.5 Å². The molecule has 28 heavy (non-hydrogen) atoms. The molecule has 0 saturated heterocycles. The minimum absolute atomic E-state index is 0. The summed E-state index contributed by atoms with van der Waals surface area (Å²) in [7, 11) is 1.80. The van der Waals surface area contributed by atoms with Gasteiger partial charge in [0, 0.05) is 41.9 Å². The molecule has 4 aromatic rings. The van der Waals surface area contributed by atoms with E-state index in [9.17, 15) is 0 Å². The van der Waals surface area contributed by atoms with Crippen LogP contribution in [0.3, 0.4) is 0 Å². The zero-order valence-electron chi connectivity index (χ0n) is 16.2. The number of para-hydroxylation sites is 1. The average Bonchev–Trinajstić information content (AvgIpc) is 3.27. The molecule has 0 fully saturated rings. The van der Waals surface area contributed by atoms with Gasteiger partial charge in [-0.25, -0.2) is 0 Å². The van der Waals surface area contributed by atoms with Gasteiger partial charge in [-0.05, 0) is 48.1 Å². The molecule has 2 aromatic heterocycles. The number of H-pyrrole nitrogens is 2. The Kier molecular flexibility index (Phi) is 6.61. The Morgan fingerprint density at radius 2 is 1.89 bits per heavy atom. The van der Waals surface area contributed by atoms with E-state index in [4.69, 9.17) is 0 Å². The van der Waals surface area contributed by atoms with Crippen molar-refractivity contribution < 1.29 is 0 Å². The molecule has 0 atom stereocenters. The highest BCUT2D eigenvalue weighted by Crippen LogP contribution is 2.19. The molecule has 0 saturated carbocycles. The normalized spacial score (nSPS) is 11.6. The van der Waals surface area contributed by atoms with Crippen molar-refractivity contribution >= 4 is 51.7 Å². The maximum Gasteiger partial charge on any atom is 0.191 e. The van der Waals surface area contributed by atoms with Crippen molar-refractivity contribution in [3.63, 3.8) is 0 Å². The molecule has 0 spiro atoms. The van der Waals surface area contributed by atoms with Gasteiger partial charge in [0.15, 0.2) is 5.96 Å². The third kappa shape index (κ3) is 4.49. The number of fused-ring (bicyclic) bond motifs is 2. The fourth-order valence-corrected chi connectivity index (χ4v) is 3.45. The summed E-state index contributed by atoms with van der Waals surface area (Å²) < 4.78 is 0. The Balaban J connectivity index is 0.00000225. The molecule has 2 heterocycles. The number of aryl methyl sites for hydroxylation is 1. The average molecular weight is 487 g/mol. The molecule has 4 N–H and O–H groups in total. The summed E-state index contributed by atoms with van der Waals surface area (Å²) in [5.41, 5.74) is 6.10. The van der Waals surface area contributed by atoms with Crippen LogP contribution >= 0.6 is 24.0 Å². The van der Waals surface area contributed by atoms with Gasteiger partial charge >= 0.3 is 0 Å². The number of hydrogen-bond acceptors (Lipinski definition) is 1. The van der Waals surface area contributed by atoms with E-state index in [0.29, 0.717) is 6.54 Å². The van der Waals surface area contributed by atoms with Crippen LogP contribution in [0.4, 0.5) is 0 Å². The second kappa shape index (κ2) is 9.14. The lowest BCUT2D eigenvalue weighted by atomic mass is 10.1. The smallest absolute Gasteiger partial charge is 0.191 e. The first-order valence-electron chi connectivity index (χ1n) is 9.31. The maximum atomic E-state index is 4.32. The molecular formula is C22H26IN5. The van der Waals surface area contributed by atoms with Crippen LogP contribution in [0.15, 0.2) is 59.7 Å². The van der Waals surface area contributed by atoms with E-state index in [-0.39, 0.29) is 24.0 Å². The highest BCUT2D eigenvalue weighted by atomic mass is 127. The fourth-order valence-electron chi connectivity index (χ4n) is 3.45. The molecule has 6 heteroatoms. The second-order valence-electron chi connectivity index (χ2n) is 6.85. The number of aromatic amines is 2. The van der Waals surface area contributed by atoms with Gasteiger partial charge in [-0.3, -0.25) is 4.99 Å². The molecule has 0 aliphatic carbocycles. The highest BCUT2D eigenvalue weighted by Gasteiger charge is 2.05. The number of aromatic nitrogens is 2. The second-order valence-corrected chi connectivity index (χ2v) is 6.85. The van der Waals surface area contributed by atoms with Crippen LogP contribution in [0.1, 0.15) is 16.8 Å². The SMILES string of the molecule is CN=C(NCCc1c[nH]c2cc(C)ccc12)NCc1cc2ccccc2[nH]1.I. The number of hydrogen-bond donors (Lipinski definition) is 4. The summed E-state index contributed by atoms with van der Waals surface area (Å²) in [6.45, 7) is 3.65. The molecule has 0 unspecified atom stereocenters. The first-order valence-corrected chi connectivity index (χ1v) is 9.31. The Morgan fingerprint density at radius 3 is 2.71 bits per heavy atom. The molecule has 5 nitrogen and oxygen atoms in total. The number of nitrogens with zero attached hydrogens (tertiary/aromatic N) is 1. The van der Waals surface area contributed by atoms with Crippen molar-refractivity contribution in [3.8, 4) is 0 Å². The molecule has 0 aliphatic heterocycles. The van der Waals surface area contributed by atoms with Crippen LogP contribution in [0.2, 0.25) is 0 Å². The zero-order valence-corrected chi connectivity index (χ0v) is 18.5. The molecule has 0 amide bonds. The zero-order chi connectivity index (χ0) is 18.6. The largest absolute Gasteiger partial charge is 0.361 e. The summed E-state index contributed by atoms with van der Waals surface area (Å²) >= 11 is 0. The molecular weight excluding hydrogens is 461 g/mol. The summed E-state index contributed by atoms with van der Waals surface area (Å²) in [4.78, 5) is 11.1. The predicted octanol–water partition coefficient (Wildman–Crippen LogP) is 4.48. The first kappa shape index (κ1) is 20.3. The van der Waals surface area contributed by atoms with Crippen LogP contribution < -0.4 is 10.6 Å². The van der Waals surface area contributed by atoms with Gasteiger partial charge in [-0.1, -0.05) is 30.3 Å². The van der Waals surface area contributed by atoms with Crippen molar-refractivity contribution in [2.75, 3.05) is 13.6 Å². The fraction of sp³-hybridized carbons (Fsp3) is 0.227. The van der Waals surface area contributed by atoms with Gasteiger partial charge in [-0.15, -0.1) is 24.0 Å². The van der Waals surface area contributed by atoms with Crippen LogP contribution in [-0.2, 0) is 13.0 Å². The van der Waals surface area contributed by atoms with E-state index in [0.717, 1.165) is 30.1 Å². The van der Waals surface area contributed by atoms with Gasteiger partial charge < -0.3 is 20.6 Å². The first-order chi connectivity index (χ1) is 13.2. The van der Waals surface area contributed by atoms with Crippen molar-refractivity contribution in [3.05, 3.63) is 71.5 Å². The van der Waals surface area contributed by atoms with Gasteiger partial charge in [-0.2, -0.15) is 0 Å². The van der Waals surface area contributed by atoms with Crippen molar-refractivity contribution in [2.24, 2.45) is 4.99 Å². The summed E-state index contributed by atoms with van der Waals surface area (Å²) in [5.74, 6) is 0.810. The third-order valence-corrected chi connectivity index (χ3v) is 4.87. The lowest BCUT2D eigenvalue weighted by molar-refractivity contribution is 0.789. The van der Waals surface area contributed by atoms with Gasteiger partial charge in [0.25, 0.3) is 0 Å². The molecule has 0 radical (unpaired) electrons. The number of halogens is 1. The monoisotopic (exact) mass is 487 g/mol. The van der Waals surface area contributed by atoms with Gasteiger partial charge in [0.2, 0.25) is 0 Å². The maximum absolute atomic E-state index is 4.32. The summed E-state index contributed by atoms with van der Waals surface area (Å²) in [6.07, 6.45) is 3.04. The third-order valence-electron chi connectivity index (χ3n) is 4.87. The van der Waals surface area contributed by atoms with Gasteiger partial charge in [0.1, 0.15) is 0 Å². The number of nitrogens with one attached hydrogen (secondary N) is 4. The number of benzene rings is 2. The van der Waals surface area contributed by atoms with E-state index < -0.39 is 0 Å². The quantitative estimate of drug-likeness (QED) is 0.191. The lowest BCUT2D eigenvalue weighted by Crippen LogP contribution is -2.37. The van der Waals surface area contributed by atoms with Crippen molar-refractivity contribution in [2.45, 2.75) is 19.9 Å². The van der Waals surface area contributed by atoms with Crippen LogP contribution in [0, 0.1) is 6.92 Å². The highest BCUT2D eigenvalue weighted by molar-refractivity contribution is 14.0. The Bertz CT molecular complexity index is 1060. The number of guanidine groups is 1. The van der Waals surface area contributed by atoms with E-state index in [1.54, 1.807) is 7.05 Å². The minimum atomic E-state index is 0. The molecule has 4 rings (SSSR count). The molecule has 2 aromatic carbocycles. The Morgan fingerprint density at radius 1 is 1.04 bits per heavy atom. The van der Waals surface area contributed by atoms with Crippen LogP contribution in [0.5, 0.6) is 0 Å². The molecule has 146 valence electrons. The van der Waals surface area contributed by atoms with E-state index in [1.165, 1.54) is 27.4 Å². The minimum Gasteiger partial charge on any atom is -0.361 e. The van der Waals surface area contributed by atoms with Crippen molar-refractivity contribution in [1.82, 2.24) is 20.6 Å². The lowest BCUT2D eigenvalue weighted by Gasteiger charge is -2.11. The number of rotatable bonds is 5. The molecule has 0 bridgehead atoms. The Labute approximate surface area is 182 Å². The van der Waals surface area contributed by atoms with Crippen LogP contribution in [0.25, 0.3) is 21.8 Å². The Hall–Kier alpha value is -2.48. The van der Waals surface area contributed by atoms with Crippen molar-refractivity contribution in [1.29, 1.82) is 0 Å². The standard InChI is InChI=1S/C22H25N5.HI/c1-15-7-8-19-17(13-25-21(19)11-15)9-10-24-22(23-2)26-14-18-12-16-5-3-4-6-20(16)27-18;/h3-8,11-13,25,27H,9-10,14H2,1-2H3,(H2,23,24,26);1H. The molecule has 0 aliphatic rings. The number of aliphatic imine (C=N–C) groups is 1. The van der Waals surface area contributed by atoms with E-state index >= 15 is 0 Å². The summed E-state index contributed by atoms with van der Waals surface area (Å²) in [6, 6.07) is 17.0. The predicted molar refractivity (Wildman–Crippen MR) is 129 cm³/mol.